The summed E-state index contributed by atoms with van der Waals surface area (Å²) in [5, 5.41) is 2.50. The maximum Gasteiger partial charge on any atom is 0.416 e. The Balaban J connectivity index is 2.88. The molecule has 1 unspecified atom stereocenters. The van der Waals surface area contributed by atoms with Gasteiger partial charge in [-0.3, -0.25) is 0 Å². The minimum atomic E-state index is -5.01. The number of hydrogen-bond acceptors (Lipinski definition) is 5. The number of rotatable bonds is 6. The van der Waals surface area contributed by atoms with Crippen LogP contribution in [0.25, 0.3) is 0 Å². The number of halogens is 5. The SMILES string of the molecule is CCCOC(=O)C1=C(C)NC(CF)=C(C(=O)OC)C1c1c(F)cccc1C(F)(F)F. The van der Waals surface area contributed by atoms with Gasteiger partial charge in [0.25, 0.3) is 0 Å². The lowest BCUT2D eigenvalue weighted by Crippen LogP contribution is -2.35. The summed E-state index contributed by atoms with van der Waals surface area (Å²) in [5.74, 6) is -5.45. The first-order chi connectivity index (χ1) is 14.1. The maximum absolute atomic E-state index is 14.8. The Morgan fingerprint density at radius 2 is 1.83 bits per heavy atom. The number of esters is 2. The Morgan fingerprint density at radius 3 is 2.37 bits per heavy atom. The van der Waals surface area contributed by atoms with E-state index in [-0.39, 0.29) is 12.3 Å². The number of methoxy groups -OCH3 is 1. The molecule has 0 fully saturated rings. The lowest BCUT2D eigenvalue weighted by atomic mass is 9.78. The van der Waals surface area contributed by atoms with Crippen molar-refractivity contribution in [2.75, 3.05) is 20.4 Å². The Hall–Kier alpha value is -2.91. The number of nitrogens with one attached hydrogen (secondary N) is 1. The van der Waals surface area contributed by atoms with Gasteiger partial charge in [-0.15, -0.1) is 0 Å². The van der Waals surface area contributed by atoms with E-state index in [1.807, 2.05) is 0 Å². The molecule has 1 aliphatic rings. The molecular formula is C20H20F5NO4. The van der Waals surface area contributed by atoms with Crippen molar-refractivity contribution < 1.29 is 41.0 Å². The van der Waals surface area contributed by atoms with Gasteiger partial charge in [-0.25, -0.2) is 18.4 Å². The third-order valence-electron chi connectivity index (χ3n) is 4.49. The molecule has 5 nitrogen and oxygen atoms in total. The smallest absolute Gasteiger partial charge is 0.416 e. The lowest BCUT2D eigenvalue weighted by molar-refractivity contribution is -0.141. The molecule has 164 valence electrons. The molecule has 0 amide bonds. The quantitative estimate of drug-likeness (QED) is 0.539. The number of dihydropyridines is 1. The summed E-state index contributed by atoms with van der Waals surface area (Å²) in [6, 6.07) is 2.24. The average Bonchev–Trinajstić information content (AvgIpc) is 2.69. The molecule has 1 aliphatic heterocycles. The minimum Gasteiger partial charge on any atom is -0.466 e. The zero-order valence-corrected chi connectivity index (χ0v) is 16.5. The van der Waals surface area contributed by atoms with Crippen LogP contribution in [0.4, 0.5) is 22.0 Å². The van der Waals surface area contributed by atoms with Crippen LogP contribution >= 0.6 is 0 Å². The second-order valence-electron chi connectivity index (χ2n) is 6.45. The van der Waals surface area contributed by atoms with Crippen LogP contribution < -0.4 is 5.32 Å². The van der Waals surface area contributed by atoms with Gasteiger partial charge in [0.2, 0.25) is 0 Å². The van der Waals surface area contributed by atoms with Gasteiger partial charge in [-0.05, 0) is 25.5 Å². The van der Waals surface area contributed by atoms with Gasteiger partial charge in [-0.2, -0.15) is 13.2 Å². The van der Waals surface area contributed by atoms with E-state index < -0.39 is 64.5 Å². The van der Waals surface area contributed by atoms with Gasteiger partial charge >= 0.3 is 18.1 Å². The number of alkyl halides is 4. The maximum atomic E-state index is 14.8. The van der Waals surface area contributed by atoms with Crippen molar-refractivity contribution >= 4 is 11.9 Å². The van der Waals surface area contributed by atoms with E-state index in [9.17, 15) is 31.5 Å². The van der Waals surface area contributed by atoms with Crippen LogP contribution in [0.2, 0.25) is 0 Å². The van der Waals surface area contributed by atoms with Crippen LogP contribution in [0.3, 0.4) is 0 Å². The van der Waals surface area contributed by atoms with E-state index in [0.29, 0.717) is 12.5 Å². The van der Waals surface area contributed by atoms with Crippen LogP contribution in [0.1, 0.15) is 37.3 Å². The molecule has 1 N–H and O–H groups in total. The van der Waals surface area contributed by atoms with Crippen LogP contribution in [0.15, 0.2) is 40.7 Å². The third-order valence-corrected chi connectivity index (χ3v) is 4.49. The summed E-state index contributed by atoms with van der Waals surface area (Å²) in [4.78, 5) is 25.1. The fourth-order valence-electron chi connectivity index (χ4n) is 3.26. The molecule has 1 atom stereocenters. The van der Waals surface area contributed by atoms with Crippen LogP contribution in [-0.2, 0) is 25.2 Å². The molecule has 0 bridgehead atoms. The number of ether oxygens (including phenoxy) is 2. The molecule has 2 rings (SSSR count). The highest BCUT2D eigenvalue weighted by atomic mass is 19.4. The molecule has 0 saturated carbocycles. The van der Waals surface area contributed by atoms with E-state index in [2.05, 4.69) is 10.1 Å². The highest BCUT2D eigenvalue weighted by molar-refractivity contribution is 6.00. The molecule has 0 aliphatic carbocycles. The molecule has 1 aromatic rings. The molecule has 1 aromatic carbocycles. The minimum absolute atomic E-state index is 0.0566. The molecular weight excluding hydrogens is 413 g/mol. The van der Waals surface area contributed by atoms with Crippen molar-refractivity contribution in [1.29, 1.82) is 0 Å². The number of carbonyl (C=O) groups excluding carboxylic acids is 2. The van der Waals surface area contributed by atoms with E-state index in [1.165, 1.54) is 6.92 Å². The Kier molecular flexibility index (Phi) is 7.22. The molecule has 0 spiro atoms. The molecule has 0 radical (unpaired) electrons. The standard InChI is InChI=1S/C20H20F5NO4/c1-4-8-30-19(28)14-10(2)26-13(9-21)16(18(27)29-3)17(14)15-11(20(23,24)25)6-5-7-12(15)22/h5-7,17,26H,4,8-9H2,1-3H3. The first-order valence-corrected chi connectivity index (χ1v) is 8.96. The van der Waals surface area contributed by atoms with E-state index in [0.717, 1.165) is 19.2 Å². The van der Waals surface area contributed by atoms with Crippen molar-refractivity contribution in [2.24, 2.45) is 0 Å². The fourth-order valence-corrected chi connectivity index (χ4v) is 3.26. The first-order valence-electron chi connectivity index (χ1n) is 8.96. The Morgan fingerprint density at radius 1 is 1.17 bits per heavy atom. The second kappa shape index (κ2) is 9.27. The number of allylic oxidation sites excluding steroid dienone is 2. The van der Waals surface area contributed by atoms with Crippen LogP contribution in [0.5, 0.6) is 0 Å². The van der Waals surface area contributed by atoms with Crippen molar-refractivity contribution in [2.45, 2.75) is 32.4 Å². The topological polar surface area (TPSA) is 64.6 Å². The second-order valence-corrected chi connectivity index (χ2v) is 6.45. The first kappa shape index (κ1) is 23.4. The lowest BCUT2D eigenvalue weighted by Gasteiger charge is -2.32. The zero-order valence-electron chi connectivity index (χ0n) is 16.5. The average molecular weight is 433 g/mol. The van der Waals surface area contributed by atoms with E-state index in [1.54, 1.807) is 6.92 Å². The molecule has 10 heteroatoms. The highest BCUT2D eigenvalue weighted by Gasteiger charge is 2.45. The van der Waals surface area contributed by atoms with Gasteiger partial charge in [0, 0.05) is 11.3 Å². The van der Waals surface area contributed by atoms with Crippen LogP contribution in [0, 0.1) is 5.82 Å². The Labute approximate surface area is 169 Å². The molecule has 0 saturated heterocycles. The van der Waals surface area contributed by atoms with Gasteiger partial charge in [0.1, 0.15) is 12.5 Å². The number of carbonyl (C=O) groups is 2. The van der Waals surface area contributed by atoms with Gasteiger partial charge in [-0.1, -0.05) is 13.0 Å². The Bertz CT molecular complexity index is 905. The molecule has 30 heavy (non-hydrogen) atoms. The van der Waals surface area contributed by atoms with Crippen LogP contribution in [-0.4, -0.2) is 32.3 Å². The molecule has 1 heterocycles. The zero-order chi connectivity index (χ0) is 22.6. The van der Waals surface area contributed by atoms with Crippen molar-refractivity contribution in [3.05, 3.63) is 57.7 Å². The van der Waals surface area contributed by atoms with Gasteiger partial charge < -0.3 is 14.8 Å². The summed E-state index contributed by atoms with van der Waals surface area (Å²) >= 11 is 0. The predicted octanol–water partition coefficient (Wildman–Crippen LogP) is 4.16. The summed E-state index contributed by atoms with van der Waals surface area (Å²) in [6.45, 7) is 1.66. The van der Waals surface area contributed by atoms with Crippen molar-refractivity contribution in [3.63, 3.8) is 0 Å². The summed E-state index contributed by atoms with van der Waals surface area (Å²) in [6.07, 6.45) is -4.59. The van der Waals surface area contributed by atoms with E-state index >= 15 is 0 Å². The monoisotopic (exact) mass is 433 g/mol. The molecule has 0 aromatic heterocycles. The third kappa shape index (κ3) is 4.47. The van der Waals surface area contributed by atoms with E-state index in [4.69, 9.17) is 4.74 Å². The predicted molar refractivity (Wildman–Crippen MR) is 96.2 cm³/mol. The highest BCUT2D eigenvalue weighted by Crippen LogP contribution is 2.45. The van der Waals surface area contributed by atoms with Crippen molar-refractivity contribution in [1.82, 2.24) is 5.32 Å². The number of benzene rings is 1. The summed E-state index contributed by atoms with van der Waals surface area (Å²) < 4.78 is 79.1. The van der Waals surface area contributed by atoms with Gasteiger partial charge in [0.15, 0.2) is 0 Å². The summed E-state index contributed by atoms with van der Waals surface area (Å²) in [5.41, 5.74) is -3.94. The fraction of sp³-hybridized carbons (Fsp3) is 0.400. The largest absolute Gasteiger partial charge is 0.466 e. The van der Waals surface area contributed by atoms with Gasteiger partial charge in [0.05, 0.1) is 42.0 Å². The van der Waals surface area contributed by atoms with Crippen molar-refractivity contribution in [3.8, 4) is 0 Å². The number of hydrogen-bond donors (Lipinski definition) is 1. The summed E-state index contributed by atoms with van der Waals surface area (Å²) in [7, 11) is 0.939. The normalized spacial score (nSPS) is 17.0.